The van der Waals surface area contributed by atoms with E-state index in [-0.39, 0.29) is 12.5 Å². The van der Waals surface area contributed by atoms with Gasteiger partial charge >= 0.3 is 0 Å². The van der Waals surface area contributed by atoms with Gasteiger partial charge in [0.15, 0.2) is 0 Å². The summed E-state index contributed by atoms with van der Waals surface area (Å²) < 4.78 is 10.6. The van der Waals surface area contributed by atoms with Crippen molar-refractivity contribution in [2.75, 3.05) is 25.6 Å². The molecule has 0 aliphatic rings. The number of nitrogens with one attached hydrogen (secondary N) is 2. The molecule has 25 heavy (non-hydrogen) atoms. The quantitative estimate of drug-likeness (QED) is 0.543. The summed E-state index contributed by atoms with van der Waals surface area (Å²) in [4.78, 5) is 11.8. The molecule has 0 saturated carbocycles. The largest absolute Gasteiger partial charge is 0.497 e. The van der Waals surface area contributed by atoms with Crippen LogP contribution in [0.3, 0.4) is 0 Å². The lowest BCUT2D eigenvalue weighted by Gasteiger charge is -2.06. The molecular formula is C19H23N3O3. The van der Waals surface area contributed by atoms with Gasteiger partial charge in [-0.1, -0.05) is 6.92 Å². The first kappa shape index (κ1) is 18.3. The van der Waals surface area contributed by atoms with Crippen molar-refractivity contribution in [2.24, 2.45) is 5.10 Å². The van der Waals surface area contributed by atoms with Crippen LogP contribution in [0.15, 0.2) is 53.6 Å². The van der Waals surface area contributed by atoms with E-state index in [0.717, 1.165) is 29.2 Å². The minimum Gasteiger partial charge on any atom is -0.497 e. The zero-order valence-electron chi connectivity index (χ0n) is 14.5. The highest BCUT2D eigenvalue weighted by Gasteiger charge is 2.00. The summed E-state index contributed by atoms with van der Waals surface area (Å²) in [6.45, 7) is 2.89. The van der Waals surface area contributed by atoms with Crippen molar-refractivity contribution in [3.63, 3.8) is 0 Å². The second-order valence-corrected chi connectivity index (χ2v) is 5.29. The van der Waals surface area contributed by atoms with Crippen molar-refractivity contribution in [3.8, 4) is 11.5 Å². The average Bonchev–Trinajstić information content (AvgIpc) is 2.66. The summed E-state index contributed by atoms with van der Waals surface area (Å²) in [7, 11) is 1.61. The maximum atomic E-state index is 11.8. The Kier molecular flexibility index (Phi) is 7.31. The van der Waals surface area contributed by atoms with Crippen LogP contribution in [0.5, 0.6) is 11.5 Å². The third-order valence-corrected chi connectivity index (χ3v) is 3.30. The highest BCUT2D eigenvalue weighted by molar-refractivity contribution is 5.84. The number of amides is 1. The summed E-state index contributed by atoms with van der Waals surface area (Å²) in [6.07, 6.45) is 2.56. The van der Waals surface area contributed by atoms with E-state index in [9.17, 15) is 4.79 Å². The van der Waals surface area contributed by atoms with E-state index in [2.05, 4.69) is 22.8 Å². The number of benzene rings is 2. The van der Waals surface area contributed by atoms with E-state index in [1.54, 1.807) is 13.3 Å². The molecule has 0 unspecified atom stereocenters. The van der Waals surface area contributed by atoms with E-state index in [0.29, 0.717) is 6.61 Å². The first-order chi connectivity index (χ1) is 12.2. The molecule has 0 aliphatic carbocycles. The second kappa shape index (κ2) is 9.97. The summed E-state index contributed by atoms with van der Waals surface area (Å²) >= 11 is 0. The van der Waals surface area contributed by atoms with Crippen molar-refractivity contribution in [2.45, 2.75) is 13.3 Å². The fourth-order valence-corrected chi connectivity index (χ4v) is 1.98. The molecule has 6 nitrogen and oxygen atoms in total. The van der Waals surface area contributed by atoms with Gasteiger partial charge in [-0.05, 0) is 60.5 Å². The number of hydrazone groups is 1. The van der Waals surface area contributed by atoms with Crippen LogP contribution in [0, 0.1) is 0 Å². The van der Waals surface area contributed by atoms with Gasteiger partial charge in [-0.15, -0.1) is 0 Å². The van der Waals surface area contributed by atoms with Crippen molar-refractivity contribution in [3.05, 3.63) is 54.1 Å². The van der Waals surface area contributed by atoms with Crippen LogP contribution >= 0.6 is 0 Å². The van der Waals surface area contributed by atoms with Crippen molar-refractivity contribution < 1.29 is 14.3 Å². The zero-order valence-corrected chi connectivity index (χ0v) is 14.5. The van der Waals surface area contributed by atoms with Crippen LogP contribution in [0.4, 0.5) is 5.69 Å². The number of carbonyl (C=O) groups excluding carboxylic acids is 1. The molecule has 0 aromatic heterocycles. The molecule has 0 radical (unpaired) electrons. The summed E-state index contributed by atoms with van der Waals surface area (Å²) in [5.74, 6) is 1.37. The molecule has 2 aromatic carbocycles. The Morgan fingerprint density at radius 2 is 1.76 bits per heavy atom. The molecule has 2 aromatic rings. The van der Waals surface area contributed by atoms with E-state index in [1.165, 1.54) is 0 Å². The van der Waals surface area contributed by atoms with E-state index in [4.69, 9.17) is 9.47 Å². The molecular weight excluding hydrogens is 318 g/mol. The van der Waals surface area contributed by atoms with Crippen molar-refractivity contribution >= 4 is 17.8 Å². The lowest BCUT2D eigenvalue weighted by Crippen LogP contribution is -2.25. The molecule has 0 fully saturated rings. The highest BCUT2D eigenvalue weighted by atomic mass is 16.5. The zero-order chi connectivity index (χ0) is 17.9. The molecule has 0 heterocycles. The maximum absolute atomic E-state index is 11.8. The SMILES string of the molecule is CCCOc1ccc(/C=N\NC(=O)CNc2ccc(OC)cc2)cc1. The van der Waals surface area contributed by atoms with Crippen molar-refractivity contribution in [1.29, 1.82) is 0 Å². The molecule has 0 spiro atoms. The number of ether oxygens (including phenoxy) is 2. The smallest absolute Gasteiger partial charge is 0.259 e. The third kappa shape index (κ3) is 6.55. The molecule has 2 rings (SSSR count). The van der Waals surface area contributed by atoms with Gasteiger partial charge in [0, 0.05) is 5.69 Å². The molecule has 1 amide bonds. The van der Waals surface area contributed by atoms with Crippen LogP contribution < -0.4 is 20.2 Å². The van der Waals surface area contributed by atoms with Crippen LogP contribution in [0.2, 0.25) is 0 Å². The first-order valence-corrected chi connectivity index (χ1v) is 8.14. The Bertz CT molecular complexity index is 682. The van der Waals surface area contributed by atoms with E-state index < -0.39 is 0 Å². The minimum absolute atomic E-state index is 0.132. The van der Waals surface area contributed by atoms with Gasteiger partial charge < -0.3 is 14.8 Å². The summed E-state index contributed by atoms with van der Waals surface area (Å²) in [5.41, 5.74) is 4.20. The van der Waals surface area contributed by atoms with E-state index in [1.807, 2.05) is 48.5 Å². The lowest BCUT2D eigenvalue weighted by atomic mass is 10.2. The predicted octanol–water partition coefficient (Wildman–Crippen LogP) is 3.05. The van der Waals surface area contributed by atoms with Gasteiger partial charge in [-0.3, -0.25) is 4.79 Å². The number of methoxy groups -OCH3 is 1. The molecule has 0 bridgehead atoms. The average molecular weight is 341 g/mol. The first-order valence-electron chi connectivity index (χ1n) is 8.14. The Labute approximate surface area is 147 Å². The fraction of sp³-hybridized carbons (Fsp3) is 0.263. The topological polar surface area (TPSA) is 72.0 Å². The van der Waals surface area contributed by atoms with Gasteiger partial charge in [0.25, 0.3) is 5.91 Å². The third-order valence-electron chi connectivity index (χ3n) is 3.30. The fourth-order valence-electron chi connectivity index (χ4n) is 1.98. The standard InChI is InChI=1S/C19H23N3O3/c1-3-12-25-18-8-4-15(5-9-18)13-21-22-19(23)14-20-16-6-10-17(24-2)11-7-16/h4-11,13,20H,3,12,14H2,1-2H3,(H,22,23)/b21-13-. The Balaban J connectivity index is 1.73. The van der Waals surface area contributed by atoms with Crippen molar-refractivity contribution in [1.82, 2.24) is 5.43 Å². The minimum atomic E-state index is -0.227. The summed E-state index contributed by atoms with van der Waals surface area (Å²) in [5, 5.41) is 6.96. The van der Waals surface area contributed by atoms with Gasteiger partial charge in [-0.25, -0.2) is 5.43 Å². The molecule has 6 heteroatoms. The van der Waals surface area contributed by atoms with Gasteiger partial charge in [0.05, 0.1) is 26.5 Å². The van der Waals surface area contributed by atoms with Crippen LogP contribution in [-0.2, 0) is 4.79 Å². The number of hydrogen-bond acceptors (Lipinski definition) is 5. The predicted molar refractivity (Wildman–Crippen MR) is 99.4 cm³/mol. The second-order valence-electron chi connectivity index (χ2n) is 5.29. The molecule has 0 saturated heterocycles. The lowest BCUT2D eigenvalue weighted by molar-refractivity contribution is -0.119. The monoisotopic (exact) mass is 341 g/mol. The number of rotatable bonds is 9. The Morgan fingerprint density at radius 1 is 1.08 bits per heavy atom. The summed E-state index contributed by atoms with van der Waals surface area (Å²) in [6, 6.07) is 14.9. The van der Waals surface area contributed by atoms with E-state index >= 15 is 0 Å². The number of carbonyl (C=O) groups is 1. The molecule has 0 aliphatic heterocycles. The van der Waals surface area contributed by atoms with Crippen LogP contribution in [0.25, 0.3) is 0 Å². The van der Waals surface area contributed by atoms with Gasteiger partial charge in [0.1, 0.15) is 11.5 Å². The van der Waals surface area contributed by atoms with Crippen LogP contribution in [0.1, 0.15) is 18.9 Å². The Morgan fingerprint density at radius 3 is 2.40 bits per heavy atom. The van der Waals surface area contributed by atoms with Crippen LogP contribution in [-0.4, -0.2) is 32.4 Å². The normalized spacial score (nSPS) is 10.5. The van der Waals surface area contributed by atoms with Gasteiger partial charge in [0.2, 0.25) is 0 Å². The molecule has 0 atom stereocenters. The highest BCUT2D eigenvalue weighted by Crippen LogP contribution is 2.14. The molecule has 2 N–H and O–H groups in total. The maximum Gasteiger partial charge on any atom is 0.259 e. The number of hydrogen-bond donors (Lipinski definition) is 2. The molecule has 132 valence electrons. The number of nitrogens with zero attached hydrogens (tertiary/aromatic N) is 1. The van der Waals surface area contributed by atoms with Gasteiger partial charge in [-0.2, -0.15) is 5.10 Å². The number of anilines is 1. The Hall–Kier alpha value is -3.02.